The normalized spacial score (nSPS) is 22.5. The van der Waals surface area contributed by atoms with Crippen molar-refractivity contribution in [3.63, 3.8) is 0 Å². The van der Waals surface area contributed by atoms with Crippen LogP contribution in [0.5, 0.6) is 11.5 Å². The van der Waals surface area contributed by atoms with E-state index in [1.165, 1.54) is 11.1 Å². The lowest BCUT2D eigenvalue weighted by molar-refractivity contribution is 0.0376. The first-order chi connectivity index (χ1) is 16.9. The molecule has 0 saturated carbocycles. The van der Waals surface area contributed by atoms with Crippen molar-refractivity contribution in [2.75, 3.05) is 18.6 Å². The molecule has 7 heteroatoms. The van der Waals surface area contributed by atoms with Crippen LogP contribution < -0.4 is 19.7 Å². The van der Waals surface area contributed by atoms with E-state index in [1.54, 1.807) is 24.1 Å². The summed E-state index contributed by atoms with van der Waals surface area (Å²) in [6.45, 7) is 3.17. The van der Waals surface area contributed by atoms with Gasteiger partial charge >= 0.3 is 6.03 Å². The van der Waals surface area contributed by atoms with Gasteiger partial charge < -0.3 is 19.7 Å². The molecule has 3 amide bonds. The van der Waals surface area contributed by atoms with Crippen molar-refractivity contribution in [1.82, 2.24) is 10.2 Å². The third kappa shape index (κ3) is 3.58. The Balaban J connectivity index is 1.30. The summed E-state index contributed by atoms with van der Waals surface area (Å²) in [5, 5.41) is 3.11. The third-order valence-electron chi connectivity index (χ3n) is 7.25. The summed E-state index contributed by atoms with van der Waals surface area (Å²) >= 11 is 0. The molecule has 1 fully saturated rings. The standard InChI is InChI=1S/C28H27N3O4/c1-28-16-24(23-11-10-22(34-2)15-25(23)35-28)29-27(33)31(28)21-9-5-8-19(14-21)26(32)30-13-12-18-6-3-4-7-20(18)17-30/h3-11,14-15,24H,12-13,16-17H2,1-2H3,(H,29,33). The monoisotopic (exact) mass is 469 g/mol. The summed E-state index contributed by atoms with van der Waals surface area (Å²) in [5.74, 6) is 1.34. The number of rotatable bonds is 3. The molecule has 2 bridgehead atoms. The molecule has 0 aliphatic carbocycles. The second-order valence-corrected chi connectivity index (χ2v) is 9.52. The first-order valence-corrected chi connectivity index (χ1v) is 11.9. The molecular weight excluding hydrogens is 442 g/mol. The summed E-state index contributed by atoms with van der Waals surface area (Å²) in [5.41, 5.74) is 3.69. The highest BCUT2D eigenvalue weighted by Gasteiger charge is 2.50. The molecule has 2 unspecified atom stereocenters. The van der Waals surface area contributed by atoms with Crippen LogP contribution in [0.3, 0.4) is 0 Å². The fourth-order valence-corrected chi connectivity index (χ4v) is 5.50. The molecule has 1 N–H and O–H groups in total. The Morgan fingerprint density at radius 1 is 1.09 bits per heavy atom. The molecule has 2 atom stereocenters. The van der Waals surface area contributed by atoms with Crippen molar-refractivity contribution in [1.29, 1.82) is 0 Å². The minimum absolute atomic E-state index is 0.0403. The van der Waals surface area contributed by atoms with Crippen LogP contribution in [0.25, 0.3) is 0 Å². The van der Waals surface area contributed by atoms with Gasteiger partial charge in [-0.1, -0.05) is 30.3 Å². The third-order valence-corrected chi connectivity index (χ3v) is 7.25. The van der Waals surface area contributed by atoms with Crippen LogP contribution in [0.2, 0.25) is 0 Å². The molecular formula is C28H27N3O4. The van der Waals surface area contributed by atoms with Crippen LogP contribution in [-0.4, -0.2) is 36.2 Å². The van der Waals surface area contributed by atoms with E-state index in [0.717, 1.165) is 12.0 Å². The fourth-order valence-electron chi connectivity index (χ4n) is 5.50. The van der Waals surface area contributed by atoms with E-state index in [9.17, 15) is 9.59 Å². The zero-order valence-electron chi connectivity index (χ0n) is 19.8. The summed E-state index contributed by atoms with van der Waals surface area (Å²) in [6, 6.07) is 20.8. The van der Waals surface area contributed by atoms with E-state index in [4.69, 9.17) is 9.47 Å². The summed E-state index contributed by atoms with van der Waals surface area (Å²) in [6.07, 6.45) is 1.42. The lowest BCUT2D eigenvalue weighted by Gasteiger charge is -2.50. The fraction of sp³-hybridized carbons (Fsp3) is 0.286. The molecule has 6 rings (SSSR count). The molecule has 0 aromatic heterocycles. The van der Waals surface area contributed by atoms with Crippen molar-refractivity contribution in [2.24, 2.45) is 0 Å². The number of amides is 3. The van der Waals surface area contributed by atoms with Gasteiger partial charge in [0.15, 0.2) is 5.72 Å². The Kier molecular flexibility index (Phi) is 4.95. The number of hydrogen-bond donors (Lipinski definition) is 1. The Hall–Kier alpha value is -4.00. The molecule has 35 heavy (non-hydrogen) atoms. The molecule has 178 valence electrons. The molecule has 3 heterocycles. The van der Waals surface area contributed by atoms with E-state index in [1.807, 2.05) is 54.3 Å². The Morgan fingerprint density at radius 2 is 1.91 bits per heavy atom. The van der Waals surface area contributed by atoms with Gasteiger partial charge in [-0.2, -0.15) is 0 Å². The summed E-state index contributed by atoms with van der Waals surface area (Å²) in [7, 11) is 1.62. The number of anilines is 1. The zero-order chi connectivity index (χ0) is 24.2. The van der Waals surface area contributed by atoms with Crippen molar-refractivity contribution >= 4 is 17.6 Å². The van der Waals surface area contributed by atoms with Gasteiger partial charge in [0.1, 0.15) is 11.5 Å². The smallest absolute Gasteiger partial charge is 0.325 e. The number of urea groups is 1. The van der Waals surface area contributed by atoms with Crippen LogP contribution in [0, 0.1) is 0 Å². The Bertz CT molecular complexity index is 1340. The first kappa shape index (κ1) is 21.5. The SMILES string of the molecule is COc1ccc2c(c1)OC1(C)CC2NC(=O)N1c1cccc(C(=O)N2CCc3ccccc3C2)c1. The highest BCUT2D eigenvalue weighted by molar-refractivity contribution is 5.99. The van der Waals surface area contributed by atoms with Gasteiger partial charge in [0.05, 0.1) is 18.8 Å². The summed E-state index contributed by atoms with van der Waals surface area (Å²) in [4.78, 5) is 30.2. The quantitative estimate of drug-likeness (QED) is 0.606. The maximum Gasteiger partial charge on any atom is 0.325 e. The lowest BCUT2D eigenvalue weighted by atomic mass is 9.90. The van der Waals surface area contributed by atoms with Gasteiger partial charge in [-0.25, -0.2) is 4.79 Å². The number of hydrogen-bond acceptors (Lipinski definition) is 4. The molecule has 3 aliphatic heterocycles. The van der Waals surface area contributed by atoms with Crippen LogP contribution >= 0.6 is 0 Å². The predicted octanol–water partition coefficient (Wildman–Crippen LogP) is 4.66. The molecule has 0 spiro atoms. The van der Waals surface area contributed by atoms with Gasteiger partial charge in [0.25, 0.3) is 5.91 Å². The number of ether oxygens (including phenoxy) is 2. The molecule has 3 aliphatic rings. The number of benzene rings is 3. The van der Waals surface area contributed by atoms with E-state index in [0.29, 0.717) is 42.3 Å². The predicted molar refractivity (Wildman–Crippen MR) is 132 cm³/mol. The van der Waals surface area contributed by atoms with Gasteiger partial charge in [-0.15, -0.1) is 0 Å². The van der Waals surface area contributed by atoms with E-state index < -0.39 is 5.72 Å². The first-order valence-electron chi connectivity index (χ1n) is 11.9. The second-order valence-electron chi connectivity index (χ2n) is 9.52. The molecule has 7 nitrogen and oxygen atoms in total. The minimum Gasteiger partial charge on any atom is -0.497 e. The zero-order valence-corrected chi connectivity index (χ0v) is 19.8. The molecule has 3 aromatic carbocycles. The molecule has 1 saturated heterocycles. The number of nitrogens with zero attached hydrogens (tertiary/aromatic N) is 2. The average Bonchev–Trinajstić information content (AvgIpc) is 2.87. The minimum atomic E-state index is -0.905. The molecule has 0 radical (unpaired) electrons. The van der Waals surface area contributed by atoms with Crippen molar-refractivity contribution in [3.8, 4) is 11.5 Å². The van der Waals surface area contributed by atoms with E-state index in [2.05, 4.69) is 17.4 Å². The average molecular weight is 470 g/mol. The highest BCUT2D eigenvalue weighted by atomic mass is 16.5. The number of methoxy groups -OCH3 is 1. The maximum absolute atomic E-state index is 13.4. The van der Waals surface area contributed by atoms with Gasteiger partial charge in [-0.05, 0) is 54.8 Å². The Morgan fingerprint density at radius 3 is 2.74 bits per heavy atom. The van der Waals surface area contributed by atoms with E-state index in [-0.39, 0.29) is 18.0 Å². The number of nitrogens with one attached hydrogen (secondary N) is 1. The van der Waals surface area contributed by atoms with Gasteiger partial charge in [-0.3, -0.25) is 9.69 Å². The number of carbonyl (C=O) groups is 2. The van der Waals surface area contributed by atoms with Crippen LogP contribution in [0.1, 0.15) is 46.4 Å². The number of fused-ring (bicyclic) bond motifs is 5. The van der Waals surface area contributed by atoms with Crippen molar-refractivity contribution in [2.45, 2.75) is 38.1 Å². The van der Waals surface area contributed by atoms with Gasteiger partial charge in [0, 0.05) is 36.7 Å². The van der Waals surface area contributed by atoms with Crippen molar-refractivity contribution in [3.05, 3.63) is 89.0 Å². The second kappa shape index (κ2) is 8.05. The summed E-state index contributed by atoms with van der Waals surface area (Å²) < 4.78 is 11.8. The van der Waals surface area contributed by atoms with Crippen molar-refractivity contribution < 1.29 is 19.1 Å². The van der Waals surface area contributed by atoms with E-state index >= 15 is 0 Å². The highest BCUT2D eigenvalue weighted by Crippen LogP contribution is 2.46. The van der Waals surface area contributed by atoms with Crippen LogP contribution in [-0.2, 0) is 13.0 Å². The Labute approximate surface area is 204 Å². The lowest BCUT2D eigenvalue weighted by Crippen LogP contribution is -2.65. The maximum atomic E-state index is 13.4. The number of carbonyl (C=O) groups excluding carboxylic acids is 2. The topological polar surface area (TPSA) is 71.1 Å². The van der Waals surface area contributed by atoms with Crippen LogP contribution in [0.15, 0.2) is 66.7 Å². The largest absolute Gasteiger partial charge is 0.497 e. The van der Waals surface area contributed by atoms with Gasteiger partial charge in [0.2, 0.25) is 0 Å². The van der Waals surface area contributed by atoms with Crippen LogP contribution in [0.4, 0.5) is 10.5 Å². The molecule has 3 aromatic rings.